The van der Waals surface area contributed by atoms with Crippen LogP contribution in [0.5, 0.6) is 0 Å². The van der Waals surface area contributed by atoms with E-state index in [9.17, 15) is 9.59 Å². The fraction of sp³-hybridized carbons (Fsp3) is 0.438. The molecule has 0 aromatic heterocycles. The zero-order valence-electron chi connectivity index (χ0n) is 13.0. The van der Waals surface area contributed by atoms with E-state index in [1.54, 1.807) is 20.8 Å². The van der Waals surface area contributed by atoms with E-state index in [-0.39, 0.29) is 0 Å². The molecule has 6 heteroatoms. The first kappa shape index (κ1) is 16.5. The van der Waals surface area contributed by atoms with Crippen LogP contribution in [0.4, 0.5) is 0 Å². The van der Waals surface area contributed by atoms with Crippen LogP contribution in [-0.4, -0.2) is 41.0 Å². The van der Waals surface area contributed by atoms with E-state index >= 15 is 0 Å². The molecule has 1 aliphatic rings. The minimum absolute atomic E-state index is 0.456. The summed E-state index contributed by atoms with van der Waals surface area (Å²) >= 11 is 1.24. The predicted octanol–water partition coefficient (Wildman–Crippen LogP) is 2.43. The maximum absolute atomic E-state index is 12.3. The zero-order chi connectivity index (χ0) is 16.3. The van der Waals surface area contributed by atoms with Gasteiger partial charge in [-0.25, -0.2) is 4.79 Å². The standard InChI is InChI=1S/C16H19NO4S/c1-16(2,3)21-15(19)12-11(14(18)20-4)17-13(22-12)10-8-6-5-7-9-10/h5-9,11-12H,1-4H3/t11-,12-/m0/s1. The first-order chi connectivity index (χ1) is 10.3. The second kappa shape index (κ2) is 6.52. The number of thioether (sulfide) groups is 1. The maximum Gasteiger partial charge on any atom is 0.332 e. The van der Waals surface area contributed by atoms with Gasteiger partial charge in [-0.15, -0.1) is 0 Å². The SMILES string of the molecule is COC(=O)[C@H]1N=C(c2ccccc2)S[C@@H]1C(=O)OC(C)(C)C. The van der Waals surface area contributed by atoms with Gasteiger partial charge in [0.2, 0.25) is 0 Å². The van der Waals surface area contributed by atoms with Crippen LogP contribution < -0.4 is 0 Å². The largest absolute Gasteiger partial charge is 0.467 e. The van der Waals surface area contributed by atoms with E-state index in [0.717, 1.165) is 5.56 Å². The lowest BCUT2D eigenvalue weighted by atomic mass is 10.1. The second-order valence-electron chi connectivity index (χ2n) is 5.84. The molecule has 118 valence electrons. The molecule has 1 aromatic rings. The Kier molecular flexibility index (Phi) is 4.90. The van der Waals surface area contributed by atoms with Gasteiger partial charge < -0.3 is 9.47 Å². The molecule has 0 aliphatic carbocycles. The van der Waals surface area contributed by atoms with Gasteiger partial charge in [0.05, 0.1) is 12.2 Å². The number of nitrogens with zero attached hydrogens (tertiary/aromatic N) is 1. The summed E-state index contributed by atoms with van der Waals surface area (Å²) in [6, 6.07) is 8.56. The van der Waals surface area contributed by atoms with Gasteiger partial charge in [0.1, 0.15) is 10.9 Å². The molecule has 2 rings (SSSR count). The summed E-state index contributed by atoms with van der Waals surface area (Å²) in [7, 11) is 1.29. The summed E-state index contributed by atoms with van der Waals surface area (Å²) in [5.74, 6) is -0.989. The molecule has 1 aliphatic heterocycles. The summed E-state index contributed by atoms with van der Waals surface area (Å²) in [5.41, 5.74) is 0.251. The van der Waals surface area contributed by atoms with Gasteiger partial charge in [0.15, 0.2) is 6.04 Å². The molecular formula is C16H19NO4S. The molecule has 0 saturated heterocycles. The first-order valence-corrected chi connectivity index (χ1v) is 7.80. The van der Waals surface area contributed by atoms with Gasteiger partial charge in [-0.1, -0.05) is 42.1 Å². The molecule has 0 unspecified atom stereocenters. The molecular weight excluding hydrogens is 302 g/mol. The number of hydrogen-bond donors (Lipinski definition) is 0. The minimum Gasteiger partial charge on any atom is -0.467 e. The summed E-state index contributed by atoms with van der Waals surface area (Å²) in [6.45, 7) is 5.36. The average Bonchev–Trinajstić information content (AvgIpc) is 2.91. The number of rotatable bonds is 3. The van der Waals surface area contributed by atoms with Crippen molar-refractivity contribution in [2.75, 3.05) is 7.11 Å². The average molecular weight is 321 g/mol. The number of carbonyl (C=O) groups excluding carboxylic acids is 2. The number of methoxy groups -OCH3 is 1. The van der Waals surface area contributed by atoms with Crippen LogP contribution in [0.3, 0.4) is 0 Å². The fourth-order valence-electron chi connectivity index (χ4n) is 1.97. The van der Waals surface area contributed by atoms with Gasteiger partial charge >= 0.3 is 11.9 Å². The topological polar surface area (TPSA) is 65.0 Å². The molecule has 0 saturated carbocycles. The van der Waals surface area contributed by atoms with Crippen LogP contribution in [0.15, 0.2) is 35.3 Å². The number of carbonyl (C=O) groups is 2. The normalized spacial score (nSPS) is 21.2. The zero-order valence-corrected chi connectivity index (χ0v) is 13.8. The van der Waals surface area contributed by atoms with Crippen molar-refractivity contribution in [1.29, 1.82) is 0 Å². The number of benzene rings is 1. The van der Waals surface area contributed by atoms with Crippen molar-refractivity contribution in [3.8, 4) is 0 Å². The molecule has 0 fully saturated rings. The molecule has 1 aromatic carbocycles. The van der Waals surface area contributed by atoms with Crippen molar-refractivity contribution in [3.05, 3.63) is 35.9 Å². The monoisotopic (exact) mass is 321 g/mol. The molecule has 5 nitrogen and oxygen atoms in total. The van der Waals surface area contributed by atoms with Crippen molar-refractivity contribution in [2.24, 2.45) is 4.99 Å². The number of esters is 2. The van der Waals surface area contributed by atoms with E-state index in [1.165, 1.54) is 18.9 Å². The highest BCUT2D eigenvalue weighted by molar-refractivity contribution is 8.15. The lowest BCUT2D eigenvalue weighted by Gasteiger charge is -2.23. The molecule has 2 atom stereocenters. The smallest absolute Gasteiger partial charge is 0.332 e. The van der Waals surface area contributed by atoms with Gasteiger partial charge in [0.25, 0.3) is 0 Å². The Morgan fingerprint density at radius 1 is 1.14 bits per heavy atom. The van der Waals surface area contributed by atoms with Crippen molar-refractivity contribution < 1.29 is 19.1 Å². The molecule has 0 N–H and O–H groups in total. The second-order valence-corrected chi connectivity index (χ2v) is 6.97. The Hall–Kier alpha value is -1.82. The Morgan fingerprint density at radius 2 is 1.77 bits per heavy atom. The maximum atomic E-state index is 12.3. The first-order valence-electron chi connectivity index (χ1n) is 6.92. The number of ether oxygens (including phenoxy) is 2. The summed E-state index contributed by atoms with van der Waals surface area (Å²) in [6.07, 6.45) is 0. The summed E-state index contributed by atoms with van der Waals surface area (Å²) in [4.78, 5) is 28.6. The lowest BCUT2D eigenvalue weighted by Crippen LogP contribution is -2.38. The van der Waals surface area contributed by atoms with E-state index in [0.29, 0.717) is 5.04 Å². The van der Waals surface area contributed by atoms with Gasteiger partial charge in [0, 0.05) is 5.56 Å². The van der Waals surface area contributed by atoms with Gasteiger partial charge in [-0.2, -0.15) is 0 Å². The van der Waals surface area contributed by atoms with Gasteiger partial charge in [-0.3, -0.25) is 9.79 Å². The van der Waals surface area contributed by atoms with Crippen molar-refractivity contribution in [2.45, 2.75) is 37.7 Å². The van der Waals surface area contributed by atoms with Crippen molar-refractivity contribution in [3.63, 3.8) is 0 Å². The highest BCUT2D eigenvalue weighted by atomic mass is 32.2. The number of hydrogen-bond acceptors (Lipinski definition) is 6. The molecule has 0 bridgehead atoms. The van der Waals surface area contributed by atoms with E-state index < -0.39 is 28.8 Å². The van der Waals surface area contributed by atoms with Crippen LogP contribution >= 0.6 is 11.8 Å². The van der Waals surface area contributed by atoms with Gasteiger partial charge in [-0.05, 0) is 20.8 Å². The van der Waals surface area contributed by atoms with E-state index in [1.807, 2.05) is 30.3 Å². The van der Waals surface area contributed by atoms with E-state index in [4.69, 9.17) is 9.47 Å². The third-order valence-corrected chi connectivity index (χ3v) is 4.15. The third kappa shape index (κ3) is 3.88. The highest BCUT2D eigenvalue weighted by Gasteiger charge is 2.43. The molecule has 0 spiro atoms. The predicted molar refractivity (Wildman–Crippen MR) is 86.0 cm³/mol. The molecule has 0 amide bonds. The Balaban J connectivity index is 2.25. The summed E-state index contributed by atoms with van der Waals surface area (Å²) < 4.78 is 10.2. The quantitative estimate of drug-likeness (QED) is 0.800. The molecule has 0 radical (unpaired) electrons. The lowest BCUT2D eigenvalue weighted by molar-refractivity contribution is -0.157. The van der Waals surface area contributed by atoms with Crippen LogP contribution in [-0.2, 0) is 19.1 Å². The highest BCUT2D eigenvalue weighted by Crippen LogP contribution is 2.33. The Morgan fingerprint density at radius 3 is 2.32 bits per heavy atom. The Labute approximate surface area is 134 Å². The van der Waals surface area contributed by atoms with Crippen LogP contribution in [0.1, 0.15) is 26.3 Å². The number of aliphatic imine (C=N–C) groups is 1. The van der Waals surface area contributed by atoms with Crippen LogP contribution in [0.2, 0.25) is 0 Å². The fourth-order valence-corrected chi connectivity index (χ4v) is 3.10. The summed E-state index contributed by atoms with van der Waals surface area (Å²) in [5, 5.41) is -0.0752. The Bertz CT molecular complexity index is 592. The van der Waals surface area contributed by atoms with Crippen LogP contribution in [0, 0.1) is 0 Å². The van der Waals surface area contributed by atoms with Crippen molar-refractivity contribution in [1.82, 2.24) is 0 Å². The molecule has 22 heavy (non-hydrogen) atoms. The minimum atomic E-state index is -0.875. The van der Waals surface area contributed by atoms with Crippen molar-refractivity contribution >= 4 is 28.7 Å². The van der Waals surface area contributed by atoms with Crippen LogP contribution in [0.25, 0.3) is 0 Å². The third-order valence-electron chi connectivity index (χ3n) is 2.88. The van der Waals surface area contributed by atoms with E-state index in [2.05, 4.69) is 4.99 Å². The molecule has 1 heterocycles.